The zero-order valence-corrected chi connectivity index (χ0v) is 36.3. The van der Waals surface area contributed by atoms with Crippen LogP contribution in [-0.2, 0) is 16.5 Å². The molecule has 0 radical (unpaired) electrons. The highest BCUT2D eigenvalue weighted by atomic mass is 127. The molecule has 1 aliphatic carbocycles. The van der Waals surface area contributed by atoms with E-state index in [-0.39, 0.29) is 81.2 Å². The largest absolute Gasteiger partial charge is 1.00 e. The Morgan fingerprint density at radius 2 is 1.39 bits per heavy atom. The van der Waals surface area contributed by atoms with E-state index >= 15 is 13.2 Å². The van der Waals surface area contributed by atoms with Crippen LogP contribution in [0.4, 0.5) is 24.7 Å². The van der Waals surface area contributed by atoms with E-state index in [1.165, 1.54) is 27.7 Å². The quantitative estimate of drug-likeness (QED) is 0.0909. The van der Waals surface area contributed by atoms with Gasteiger partial charge >= 0.3 is 6.18 Å². The van der Waals surface area contributed by atoms with Crippen molar-refractivity contribution in [1.29, 1.82) is 0 Å². The van der Waals surface area contributed by atoms with Crippen LogP contribution in [0.3, 0.4) is 0 Å². The van der Waals surface area contributed by atoms with Crippen LogP contribution in [0.15, 0.2) is 134 Å². The highest BCUT2D eigenvalue weighted by Crippen LogP contribution is 2.44. The summed E-state index contributed by atoms with van der Waals surface area (Å²) >= 11 is 6.61. The van der Waals surface area contributed by atoms with Crippen LogP contribution in [0.25, 0.3) is 16.9 Å². The first-order valence-electron chi connectivity index (χ1n) is 19.3. The maximum absolute atomic E-state index is 15.2. The van der Waals surface area contributed by atoms with Gasteiger partial charge in [-0.25, -0.2) is 9.97 Å². The molecule has 16 heteroatoms. The molecule has 1 fully saturated rings. The van der Waals surface area contributed by atoms with Crippen molar-refractivity contribution < 1.29 is 51.2 Å². The van der Waals surface area contributed by atoms with Gasteiger partial charge in [-0.3, -0.25) is 18.7 Å². The summed E-state index contributed by atoms with van der Waals surface area (Å²) in [6.45, 7) is 0.361. The van der Waals surface area contributed by atoms with Gasteiger partial charge in [-0.15, -0.1) is 0 Å². The molecule has 0 atom stereocenters. The highest BCUT2D eigenvalue weighted by Gasteiger charge is 2.44. The van der Waals surface area contributed by atoms with Crippen LogP contribution < -0.4 is 39.9 Å². The first kappa shape index (κ1) is 43.3. The van der Waals surface area contributed by atoms with Gasteiger partial charge in [-0.2, -0.15) is 18.3 Å². The summed E-state index contributed by atoms with van der Waals surface area (Å²) in [7, 11) is 5.84. The summed E-state index contributed by atoms with van der Waals surface area (Å²) < 4.78 is 48.9. The summed E-state index contributed by atoms with van der Waals surface area (Å²) in [5, 5.41) is 13.7. The number of nitrogens with one attached hydrogen (secondary N) is 3. The minimum absolute atomic E-state index is 0. The number of carbonyl (C=O) groups is 2. The van der Waals surface area contributed by atoms with E-state index in [0.29, 0.717) is 29.6 Å². The first-order chi connectivity index (χ1) is 28.7. The number of quaternary nitrogens is 1. The van der Waals surface area contributed by atoms with E-state index < -0.39 is 17.4 Å². The van der Waals surface area contributed by atoms with Crippen molar-refractivity contribution in [3.63, 3.8) is 0 Å². The topological polar surface area (TPSA) is 118 Å². The number of likely N-dealkylation sites (N-methyl/N-ethyl adjacent to an activating group) is 1. The zero-order valence-electron chi connectivity index (χ0n) is 33.4. The van der Waals surface area contributed by atoms with E-state index in [1.54, 1.807) is 24.4 Å². The number of alkyl halides is 3. The predicted octanol–water partition coefficient (Wildman–Crippen LogP) is 4.94. The van der Waals surface area contributed by atoms with Crippen molar-refractivity contribution in [2.24, 2.45) is 0 Å². The lowest BCUT2D eigenvalue weighted by atomic mass is 9.77. The molecule has 0 bridgehead atoms. The van der Waals surface area contributed by atoms with Crippen LogP contribution in [0.2, 0.25) is 5.02 Å². The normalized spacial score (nSPS) is 15.4. The average Bonchev–Trinajstić information content (AvgIpc) is 3.84. The number of benzene rings is 4. The van der Waals surface area contributed by atoms with Crippen molar-refractivity contribution >= 4 is 40.6 Å². The molecule has 61 heavy (non-hydrogen) atoms. The van der Waals surface area contributed by atoms with Crippen LogP contribution >= 0.6 is 11.6 Å². The van der Waals surface area contributed by atoms with E-state index in [0.717, 1.165) is 16.7 Å². The van der Waals surface area contributed by atoms with E-state index in [9.17, 15) is 9.59 Å². The fraction of sp³-hybridized carbons (Fsp3) is 0.222. The Morgan fingerprint density at radius 1 is 0.820 bits per heavy atom. The third-order valence-electron chi connectivity index (χ3n) is 10.5. The fourth-order valence-electron chi connectivity index (χ4n) is 7.82. The second-order valence-electron chi connectivity index (χ2n) is 15.9. The number of aromatic nitrogens is 5. The second kappa shape index (κ2) is 17.3. The maximum Gasteiger partial charge on any atom is 0.435 e. The fourth-order valence-corrected chi connectivity index (χ4v) is 8.09. The minimum Gasteiger partial charge on any atom is -1.00 e. The Morgan fingerprint density at radius 3 is 1.93 bits per heavy atom. The van der Waals surface area contributed by atoms with Gasteiger partial charge in [-0.05, 0) is 47.7 Å². The molecule has 3 heterocycles. The summed E-state index contributed by atoms with van der Waals surface area (Å²) in [6, 6.07) is 32.8. The van der Waals surface area contributed by atoms with Crippen molar-refractivity contribution in [2.45, 2.75) is 36.6 Å². The van der Waals surface area contributed by atoms with Crippen molar-refractivity contribution in [3.8, 4) is 11.3 Å². The summed E-state index contributed by atoms with van der Waals surface area (Å²) in [4.78, 5) is 34.4. The number of amides is 2. The van der Waals surface area contributed by atoms with Gasteiger partial charge in [0.15, 0.2) is 23.7 Å². The van der Waals surface area contributed by atoms with Crippen molar-refractivity contribution in [3.05, 3.63) is 167 Å². The monoisotopic (exact) mass is 959 g/mol. The molecular formula is C45H42ClF3IN9O2. The molecule has 0 unspecified atom stereocenters. The summed E-state index contributed by atoms with van der Waals surface area (Å²) in [6.07, 6.45) is 2.21. The molecule has 1 saturated carbocycles. The van der Waals surface area contributed by atoms with Crippen LogP contribution in [0, 0.1) is 0 Å². The number of rotatable bonds is 12. The lowest BCUT2D eigenvalue weighted by Crippen LogP contribution is -3.00. The number of carbonyl (C=O) groups excluding carboxylic acids is 2. The Balaban J connectivity index is 0.00000561. The van der Waals surface area contributed by atoms with E-state index in [4.69, 9.17) is 11.6 Å². The average molecular weight is 960 g/mol. The van der Waals surface area contributed by atoms with Crippen molar-refractivity contribution in [1.82, 2.24) is 34.8 Å². The smallest absolute Gasteiger partial charge is 0.435 e. The van der Waals surface area contributed by atoms with Crippen LogP contribution in [0.5, 0.6) is 0 Å². The molecule has 7 aromatic rings. The van der Waals surface area contributed by atoms with E-state index in [1.807, 2.05) is 112 Å². The lowest BCUT2D eigenvalue weighted by molar-refractivity contribution is -0.862. The Hall–Kier alpha value is -5.78. The van der Waals surface area contributed by atoms with Gasteiger partial charge in [0.25, 0.3) is 11.8 Å². The molecule has 0 aliphatic heterocycles. The van der Waals surface area contributed by atoms with Gasteiger partial charge in [0.1, 0.15) is 5.54 Å². The number of nitrogens with zero attached hydrogens (tertiary/aromatic N) is 6. The third kappa shape index (κ3) is 8.85. The van der Waals surface area contributed by atoms with Crippen LogP contribution in [0.1, 0.15) is 45.6 Å². The molecule has 4 aromatic carbocycles. The zero-order chi connectivity index (χ0) is 42.2. The number of imidazole rings is 1. The number of anilines is 2. The lowest BCUT2D eigenvalue weighted by Gasteiger charge is -2.36. The molecule has 0 saturated heterocycles. The highest BCUT2D eigenvalue weighted by molar-refractivity contribution is 6.34. The Labute approximate surface area is 372 Å². The molecular weight excluding hydrogens is 918 g/mol. The predicted molar refractivity (Wildman–Crippen MR) is 224 cm³/mol. The SMILES string of the molecule is C[N+](C)(C)CC(=O)NC1CC(NC(=O)c2ccc(Nc3nccn4c(-c5cn(C(c6ccccc6)(c6ccccc6)c6ccccc6)nc5C(F)(F)F)cnc34)cc2Cl)C1.[I-]. The third-order valence-corrected chi connectivity index (χ3v) is 10.9. The molecule has 8 rings (SSSR count). The molecule has 3 N–H and O–H groups in total. The standard InChI is InChI=1S/C45H41ClF3N9O2.HI/c1-58(2,3)28-39(59)52-33-23-34(24-33)54-43(60)35-20-19-32(25-37(35)46)53-41-42-51-26-38(56(42)22-21-50-41)36-27-57(55-40(36)45(47,48)49)44(29-13-7-4-8-14-29,30-15-9-5-10-16-30)31-17-11-6-12-18-31;/h4-22,25-27,33-34H,23-24,28H2,1-3H3,(H2-,50,52,53,54,59,60);1H. The Bertz CT molecular complexity index is 2570. The van der Waals surface area contributed by atoms with E-state index in [2.05, 4.69) is 31.0 Å². The molecule has 11 nitrogen and oxygen atoms in total. The molecule has 3 aromatic heterocycles. The second-order valence-corrected chi connectivity index (χ2v) is 16.3. The van der Waals surface area contributed by atoms with Gasteiger partial charge in [0, 0.05) is 36.4 Å². The summed E-state index contributed by atoms with van der Waals surface area (Å²) in [5.41, 5.74) is 0.747. The van der Waals surface area contributed by atoms with Gasteiger partial charge in [-0.1, -0.05) is 103 Å². The molecule has 0 spiro atoms. The number of fused-ring (bicyclic) bond motifs is 1. The number of halogens is 5. The maximum atomic E-state index is 15.2. The first-order valence-corrected chi connectivity index (χ1v) is 19.7. The van der Waals surface area contributed by atoms with Gasteiger partial charge in [0.05, 0.1) is 49.2 Å². The Kier molecular flexibility index (Phi) is 12.3. The van der Waals surface area contributed by atoms with Gasteiger partial charge < -0.3 is 44.4 Å². The summed E-state index contributed by atoms with van der Waals surface area (Å²) in [5.74, 6) is -0.129. The van der Waals surface area contributed by atoms with Crippen LogP contribution in [-0.4, -0.2) is 80.2 Å². The molecule has 2 amide bonds. The number of hydrogen-bond acceptors (Lipinski definition) is 6. The van der Waals surface area contributed by atoms with Crippen molar-refractivity contribution in [2.75, 3.05) is 33.0 Å². The minimum atomic E-state index is -4.83. The van der Waals surface area contributed by atoms with Gasteiger partial charge in [0.2, 0.25) is 0 Å². The molecule has 1 aliphatic rings. The number of hydrogen-bond donors (Lipinski definition) is 3. The molecule has 314 valence electrons.